The Morgan fingerprint density at radius 1 is 1.53 bits per heavy atom. The fourth-order valence-corrected chi connectivity index (χ4v) is 2.08. The normalized spacial score (nSPS) is 9.68. The minimum Gasteiger partial charge on any atom is -0.486 e. The number of benzene rings is 1. The van der Waals surface area contributed by atoms with Gasteiger partial charge < -0.3 is 4.74 Å². The highest BCUT2D eigenvalue weighted by Crippen LogP contribution is 2.18. The van der Waals surface area contributed by atoms with E-state index in [9.17, 15) is 4.79 Å². The molecule has 0 aliphatic heterocycles. The second kappa shape index (κ2) is 5.95. The van der Waals surface area contributed by atoms with Gasteiger partial charge in [0.05, 0.1) is 11.3 Å². The molecule has 0 aliphatic rings. The number of nitrogens with two attached hydrogens (primary N) is 1. The van der Waals surface area contributed by atoms with E-state index in [0.717, 1.165) is 0 Å². The van der Waals surface area contributed by atoms with E-state index < -0.39 is 5.91 Å². The number of hydrazine groups is 1. The number of nitrogens with one attached hydrogen (secondary N) is 1. The molecule has 2 rings (SSSR count). The monoisotopic (exact) mass is 274 g/mol. The Morgan fingerprint density at radius 2 is 2.32 bits per heavy atom. The lowest BCUT2D eigenvalue weighted by Gasteiger charge is -2.05. The quantitative estimate of drug-likeness (QED) is 0.495. The Labute approximate surface area is 113 Å². The van der Waals surface area contributed by atoms with Gasteiger partial charge in [0.1, 0.15) is 18.4 Å². The highest BCUT2D eigenvalue weighted by atomic mass is 32.1. The van der Waals surface area contributed by atoms with Gasteiger partial charge in [0.25, 0.3) is 5.91 Å². The number of nitrogen functional groups attached to an aromatic ring is 1. The van der Waals surface area contributed by atoms with Crippen molar-refractivity contribution in [2.75, 3.05) is 0 Å². The second-order valence-electron chi connectivity index (χ2n) is 3.51. The van der Waals surface area contributed by atoms with Crippen molar-refractivity contribution in [2.24, 2.45) is 5.84 Å². The Hall–Kier alpha value is -2.43. The summed E-state index contributed by atoms with van der Waals surface area (Å²) in [4.78, 5) is 15.3. The smallest absolute Gasteiger partial charge is 0.294 e. The average molecular weight is 274 g/mol. The average Bonchev–Trinajstić information content (AvgIpc) is 2.93. The van der Waals surface area contributed by atoms with Gasteiger partial charge in [0, 0.05) is 5.38 Å². The summed E-state index contributed by atoms with van der Waals surface area (Å²) in [7, 11) is 0. The lowest BCUT2D eigenvalue weighted by atomic mass is 10.2. The number of hydrogen-bond donors (Lipinski definition) is 2. The van der Waals surface area contributed by atoms with Crippen molar-refractivity contribution >= 4 is 17.2 Å². The van der Waals surface area contributed by atoms with Crippen LogP contribution in [0.4, 0.5) is 0 Å². The van der Waals surface area contributed by atoms with Crippen LogP contribution in [-0.4, -0.2) is 10.9 Å². The number of ether oxygens (including phenoxy) is 1. The molecule has 7 heteroatoms. The molecule has 3 N–H and O–H groups in total. The van der Waals surface area contributed by atoms with Crippen molar-refractivity contribution in [1.29, 1.82) is 5.26 Å². The number of amides is 1. The first kappa shape index (κ1) is 13.0. The number of para-hydroxylation sites is 1. The van der Waals surface area contributed by atoms with E-state index in [4.69, 9.17) is 15.8 Å². The Kier molecular flexibility index (Phi) is 4.07. The van der Waals surface area contributed by atoms with Gasteiger partial charge in [-0.2, -0.15) is 5.26 Å². The highest BCUT2D eigenvalue weighted by Gasteiger charge is 2.10. The molecule has 0 saturated heterocycles. The van der Waals surface area contributed by atoms with Crippen LogP contribution in [-0.2, 0) is 6.61 Å². The lowest BCUT2D eigenvalue weighted by Crippen LogP contribution is -2.29. The third-order valence-electron chi connectivity index (χ3n) is 2.26. The van der Waals surface area contributed by atoms with Gasteiger partial charge in [-0.15, -0.1) is 11.3 Å². The molecule has 0 radical (unpaired) electrons. The van der Waals surface area contributed by atoms with E-state index in [2.05, 4.69) is 4.98 Å². The molecule has 0 bridgehead atoms. The lowest BCUT2D eigenvalue weighted by molar-refractivity contribution is 0.0953. The third kappa shape index (κ3) is 3.07. The molecule has 6 nitrogen and oxygen atoms in total. The van der Waals surface area contributed by atoms with Crippen LogP contribution in [0.15, 0.2) is 29.6 Å². The van der Waals surface area contributed by atoms with Gasteiger partial charge in [0.2, 0.25) is 0 Å². The van der Waals surface area contributed by atoms with Gasteiger partial charge in [-0.1, -0.05) is 12.1 Å². The van der Waals surface area contributed by atoms with E-state index in [-0.39, 0.29) is 11.6 Å². The van der Waals surface area contributed by atoms with E-state index in [1.54, 1.807) is 29.6 Å². The summed E-state index contributed by atoms with van der Waals surface area (Å²) in [5.41, 5.74) is 3.08. The number of rotatable bonds is 4. The SMILES string of the molecule is N#Cc1ccccc1OCc1csc(C(=O)NN)n1. The molecule has 0 aliphatic carbocycles. The predicted octanol–water partition coefficient (Wildman–Crippen LogP) is 1.20. The molecule has 1 aromatic carbocycles. The van der Waals surface area contributed by atoms with Gasteiger partial charge >= 0.3 is 0 Å². The highest BCUT2D eigenvalue weighted by molar-refractivity contribution is 7.11. The maximum atomic E-state index is 11.2. The fraction of sp³-hybridized carbons (Fsp3) is 0.0833. The minimum atomic E-state index is -0.436. The number of nitrogens with zero attached hydrogens (tertiary/aromatic N) is 2. The molecular formula is C12H10N4O2S. The Balaban J connectivity index is 2.05. The topological polar surface area (TPSA) is 101 Å². The zero-order chi connectivity index (χ0) is 13.7. The molecule has 0 unspecified atom stereocenters. The third-order valence-corrected chi connectivity index (χ3v) is 3.15. The van der Waals surface area contributed by atoms with Crippen LogP contribution in [0.25, 0.3) is 0 Å². The van der Waals surface area contributed by atoms with Crippen LogP contribution >= 0.6 is 11.3 Å². The first-order valence-corrected chi connectivity index (χ1v) is 6.20. The summed E-state index contributed by atoms with van der Waals surface area (Å²) < 4.78 is 5.50. The fourth-order valence-electron chi connectivity index (χ4n) is 1.38. The van der Waals surface area contributed by atoms with Crippen LogP contribution in [0, 0.1) is 11.3 Å². The first-order chi connectivity index (χ1) is 9.24. The van der Waals surface area contributed by atoms with Crippen molar-refractivity contribution in [3.8, 4) is 11.8 Å². The van der Waals surface area contributed by atoms with Crippen molar-refractivity contribution in [1.82, 2.24) is 10.4 Å². The van der Waals surface area contributed by atoms with Gasteiger partial charge in [0.15, 0.2) is 5.01 Å². The molecule has 19 heavy (non-hydrogen) atoms. The minimum absolute atomic E-state index is 0.188. The van der Waals surface area contributed by atoms with E-state index in [1.165, 1.54) is 11.3 Å². The largest absolute Gasteiger partial charge is 0.486 e. The maximum absolute atomic E-state index is 11.2. The van der Waals surface area contributed by atoms with E-state index >= 15 is 0 Å². The number of thiazole rings is 1. The molecule has 0 fully saturated rings. The molecule has 0 spiro atoms. The molecular weight excluding hydrogens is 264 g/mol. The van der Waals surface area contributed by atoms with Crippen LogP contribution in [0.2, 0.25) is 0 Å². The second-order valence-corrected chi connectivity index (χ2v) is 4.37. The molecule has 2 aromatic rings. The van der Waals surface area contributed by atoms with E-state index in [0.29, 0.717) is 17.0 Å². The Bertz CT molecular complexity index is 633. The first-order valence-electron chi connectivity index (χ1n) is 5.32. The van der Waals surface area contributed by atoms with Crippen molar-refractivity contribution < 1.29 is 9.53 Å². The summed E-state index contributed by atoms with van der Waals surface area (Å²) in [6.45, 7) is 0.188. The molecule has 96 valence electrons. The summed E-state index contributed by atoms with van der Waals surface area (Å²) in [5, 5.41) is 10.9. The Morgan fingerprint density at radius 3 is 3.05 bits per heavy atom. The van der Waals surface area contributed by atoms with Crippen LogP contribution in [0.5, 0.6) is 5.75 Å². The number of aromatic nitrogens is 1. The van der Waals surface area contributed by atoms with Crippen molar-refractivity contribution in [3.63, 3.8) is 0 Å². The van der Waals surface area contributed by atoms with Gasteiger partial charge in [-0.25, -0.2) is 10.8 Å². The zero-order valence-electron chi connectivity index (χ0n) is 9.79. The summed E-state index contributed by atoms with van der Waals surface area (Å²) in [6, 6.07) is 8.96. The van der Waals surface area contributed by atoms with Crippen LogP contribution in [0.3, 0.4) is 0 Å². The molecule has 1 heterocycles. The summed E-state index contributed by atoms with van der Waals surface area (Å²) >= 11 is 1.18. The molecule has 0 saturated carbocycles. The van der Waals surface area contributed by atoms with Gasteiger partial charge in [-0.05, 0) is 12.1 Å². The summed E-state index contributed by atoms with van der Waals surface area (Å²) in [6.07, 6.45) is 0. The summed E-state index contributed by atoms with van der Waals surface area (Å²) in [5.74, 6) is 5.07. The van der Waals surface area contributed by atoms with E-state index in [1.807, 2.05) is 11.5 Å². The van der Waals surface area contributed by atoms with Crippen molar-refractivity contribution in [2.45, 2.75) is 6.61 Å². The van der Waals surface area contributed by atoms with Crippen molar-refractivity contribution in [3.05, 3.63) is 45.9 Å². The predicted molar refractivity (Wildman–Crippen MR) is 69.3 cm³/mol. The van der Waals surface area contributed by atoms with Crippen LogP contribution in [0.1, 0.15) is 21.1 Å². The zero-order valence-corrected chi connectivity index (χ0v) is 10.6. The maximum Gasteiger partial charge on any atom is 0.294 e. The molecule has 0 atom stereocenters. The van der Waals surface area contributed by atoms with Gasteiger partial charge in [-0.3, -0.25) is 10.2 Å². The molecule has 1 amide bonds. The number of carbonyl (C=O) groups excluding carboxylic acids is 1. The number of hydrogen-bond acceptors (Lipinski definition) is 6. The standard InChI is InChI=1S/C12H10N4O2S/c13-5-8-3-1-2-4-10(8)18-6-9-7-19-12(15-9)11(17)16-14/h1-4,7H,6,14H2,(H,16,17). The number of carbonyl (C=O) groups is 1. The number of nitriles is 1. The van der Waals surface area contributed by atoms with Crippen LogP contribution < -0.4 is 16.0 Å². The molecule has 1 aromatic heterocycles.